The molecule has 1 aliphatic heterocycles. The van der Waals surface area contributed by atoms with Gasteiger partial charge in [0.2, 0.25) is 10.0 Å². The summed E-state index contributed by atoms with van der Waals surface area (Å²) in [6.45, 7) is 2.25. The summed E-state index contributed by atoms with van der Waals surface area (Å²) < 4.78 is 45.6. The smallest absolute Gasteiger partial charge is 0.335 e. The first-order valence-electron chi connectivity index (χ1n) is 5.88. The van der Waals surface area contributed by atoms with E-state index in [0.717, 1.165) is 18.2 Å². The van der Waals surface area contributed by atoms with Gasteiger partial charge in [0.05, 0.1) is 17.7 Å². The lowest BCUT2D eigenvalue weighted by Gasteiger charge is -2.23. The number of hydrogen-bond donors (Lipinski definition) is 2. The van der Waals surface area contributed by atoms with E-state index in [9.17, 15) is 17.6 Å². The summed E-state index contributed by atoms with van der Waals surface area (Å²) in [5, 5.41) is 8.84. The molecule has 1 aromatic rings. The van der Waals surface area contributed by atoms with Gasteiger partial charge in [-0.1, -0.05) is 0 Å². The van der Waals surface area contributed by atoms with Gasteiger partial charge in [0.15, 0.2) is 0 Å². The van der Waals surface area contributed by atoms with Crippen LogP contribution < -0.4 is 4.72 Å². The molecule has 1 unspecified atom stereocenters. The van der Waals surface area contributed by atoms with Crippen LogP contribution in [0.4, 0.5) is 4.39 Å². The minimum atomic E-state index is -4.16. The first-order valence-corrected chi connectivity index (χ1v) is 7.36. The van der Waals surface area contributed by atoms with Crippen LogP contribution in [-0.4, -0.2) is 38.2 Å². The normalized spacial score (nSPS) is 22.9. The predicted molar refractivity (Wildman–Crippen MR) is 67.5 cm³/mol. The highest BCUT2D eigenvalue weighted by Crippen LogP contribution is 2.23. The number of aromatic carboxylic acids is 1. The Hall–Kier alpha value is -1.51. The fourth-order valence-corrected chi connectivity index (χ4v) is 3.50. The van der Waals surface area contributed by atoms with Crippen molar-refractivity contribution in [1.82, 2.24) is 4.72 Å². The van der Waals surface area contributed by atoms with Crippen LogP contribution >= 0.6 is 0 Å². The molecule has 0 aliphatic carbocycles. The molecule has 20 heavy (non-hydrogen) atoms. The van der Waals surface area contributed by atoms with Gasteiger partial charge in [-0.3, -0.25) is 0 Å². The van der Waals surface area contributed by atoms with Crippen molar-refractivity contribution in [2.75, 3.05) is 13.2 Å². The minimum Gasteiger partial charge on any atom is -0.478 e. The summed E-state index contributed by atoms with van der Waals surface area (Å²) in [5.74, 6) is -2.32. The van der Waals surface area contributed by atoms with Crippen LogP contribution in [0.5, 0.6) is 0 Å². The van der Waals surface area contributed by atoms with Crippen LogP contribution in [0.3, 0.4) is 0 Å². The van der Waals surface area contributed by atoms with E-state index in [2.05, 4.69) is 4.72 Å². The van der Waals surface area contributed by atoms with E-state index in [-0.39, 0.29) is 12.2 Å². The molecule has 2 rings (SSSR count). The molecule has 0 bridgehead atoms. The Kier molecular flexibility index (Phi) is 3.81. The molecule has 1 aliphatic rings. The molecule has 0 aromatic heterocycles. The maximum atomic E-state index is 13.7. The van der Waals surface area contributed by atoms with Gasteiger partial charge in [-0.2, -0.15) is 0 Å². The monoisotopic (exact) mass is 303 g/mol. The van der Waals surface area contributed by atoms with Crippen molar-refractivity contribution in [2.45, 2.75) is 23.8 Å². The van der Waals surface area contributed by atoms with Gasteiger partial charge >= 0.3 is 5.97 Å². The van der Waals surface area contributed by atoms with Gasteiger partial charge in [-0.15, -0.1) is 0 Å². The number of carbonyl (C=O) groups is 1. The third-order valence-electron chi connectivity index (χ3n) is 3.07. The molecule has 0 radical (unpaired) electrons. The highest BCUT2D eigenvalue weighted by molar-refractivity contribution is 7.89. The van der Waals surface area contributed by atoms with E-state index in [0.29, 0.717) is 13.0 Å². The third kappa shape index (κ3) is 2.97. The van der Waals surface area contributed by atoms with E-state index in [4.69, 9.17) is 9.84 Å². The number of rotatable bonds is 4. The van der Waals surface area contributed by atoms with Gasteiger partial charge in [-0.05, 0) is 31.5 Å². The van der Waals surface area contributed by atoms with Crippen LogP contribution in [0.2, 0.25) is 0 Å². The van der Waals surface area contributed by atoms with Crippen molar-refractivity contribution in [1.29, 1.82) is 0 Å². The average molecular weight is 303 g/mol. The zero-order valence-corrected chi connectivity index (χ0v) is 11.5. The van der Waals surface area contributed by atoms with Crippen LogP contribution in [0, 0.1) is 5.82 Å². The van der Waals surface area contributed by atoms with Crippen LogP contribution in [0.1, 0.15) is 23.7 Å². The zero-order valence-electron chi connectivity index (χ0n) is 10.7. The van der Waals surface area contributed by atoms with E-state index < -0.39 is 32.2 Å². The number of nitrogens with one attached hydrogen (secondary N) is 1. The van der Waals surface area contributed by atoms with Crippen LogP contribution in [0.25, 0.3) is 0 Å². The average Bonchev–Trinajstić information content (AvgIpc) is 2.74. The summed E-state index contributed by atoms with van der Waals surface area (Å²) in [5.41, 5.74) is -1.11. The van der Waals surface area contributed by atoms with Crippen molar-refractivity contribution in [3.63, 3.8) is 0 Å². The van der Waals surface area contributed by atoms with Crippen molar-refractivity contribution >= 4 is 16.0 Å². The van der Waals surface area contributed by atoms with E-state index in [1.807, 2.05) is 0 Å². The third-order valence-corrected chi connectivity index (χ3v) is 4.72. The number of ether oxygens (including phenoxy) is 1. The number of benzene rings is 1. The first kappa shape index (κ1) is 14.9. The molecule has 0 saturated carbocycles. The lowest BCUT2D eigenvalue weighted by molar-refractivity contribution is 0.0696. The number of halogens is 1. The quantitative estimate of drug-likeness (QED) is 0.865. The molecular weight excluding hydrogens is 289 g/mol. The SMILES string of the molecule is CC1(NS(=O)(=O)c2cc(C(=O)O)ccc2F)CCOC1. The molecular formula is C12H14FNO5S. The Bertz CT molecular complexity index is 637. The number of sulfonamides is 1. The molecule has 1 aromatic carbocycles. The topological polar surface area (TPSA) is 92.7 Å². The van der Waals surface area contributed by atoms with Gasteiger partial charge in [0, 0.05) is 6.61 Å². The van der Waals surface area contributed by atoms with Crippen molar-refractivity contribution in [2.24, 2.45) is 0 Å². The summed E-state index contributed by atoms with van der Waals surface area (Å²) in [6, 6.07) is 2.64. The fourth-order valence-electron chi connectivity index (χ4n) is 1.97. The van der Waals surface area contributed by atoms with Gasteiger partial charge in [0.25, 0.3) is 0 Å². The maximum absolute atomic E-state index is 13.7. The van der Waals surface area contributed by atoms with Crippen LogP contribution in [0.15, 0.2) is 23.1 Å². The van der Waals surface area contributed by atoms with Crippen molar-refractivity contribution in [3.8, 4) is 0 Å². The van der Waals surface area contributed by atoms with Gasteiger partial charge < -0.3 is 9.84 Å². The molecule has 1 fully saturated rings. The van der Waals surface area contributed by atoms with E-state index >= 15 is 0 Å². The van der Waals surface area contributed by atoms with E-state index in [1.54, 1.807) is 6.92 Å². The Morgan fingerprint density at radius 3 is 2.75 bits per heavy atom. The number of carboxylic acids is 1. The molecule has 6 nitrogen and oxygen atoms in total. The number of hydrogen-bond acceptors (Lipinski definition) is 4. The summed E-state index contributed by atoms with van der Waals surface area (Å²) in [6.07, 6.45) is 0.465. The second-order valence-electron chi connectivity index (χ2n) is 4.92. The first-order chi connectivity index (χ1) is 9.23. The fraction of sp³-hybridized carbons (Fsp3) is 0.417. The Morgan fingerprint density at radius 1 is 1.50 bits per heavy atom. The Labute approximate surface area is 115 Å². The molecule has 1 heterocycles. The Balaban J connectivity index is 2.38. The summed E-state index contributed by atoms with van der Waals surface area (Å²) in [7, 11) is -4.16. The largest absolute Gasteiger partial charge is 0.478 e. The molecule has 1 atom stereocenters. The highest BCUT2D eigenvalue weighted by atomic mass is 32.2. The second-order valence-corrected chi connectivity index (χ2v) is 6.57. The molecule has 0 amide bonds. The Morgan fingerprint density at radius 2 is 2.20 bits per heavy atom. The summed E-state index contributed by atoms with van der Waals surface area (Å²) >= 11 is 0. The van der Waals surface area contributed by atoms with Gasteiger partial charge in [-0.25, -0.2) is 22.3 Å². The number of carboxylic acid groups (broad SMARTS) is 1. The standard InChI is InChI=1S/C12H14FNO5S/c1-12(4-5-19-7-12)14-20(17,18)10-6-8(11(15)16)2-3-9(10)13/h2-3,6,14H,4-5,7H2,1H3,(H,15,16). The molecule has 0 spiro atoms. The minimum absolute atomic E-state index is 0.187. The molecule has 1 saturated heterocycles. The summed E-state index contributed by atoms with van der Waals surface area (Å²) in [4.78, 5) is 10.2. The molecule has 110 valence electrons. The van der Waals surface area contributed by atoms with Crippen molar-refractivity contribution in [3.05, 3.63) is 29.6 Å². The van der Waals surface area contributed by atoms with E-state index in [1.165, 1.54) is 0 Å². The van der Waals surface area contributed by atoms with Gasteiger partial charge in [0.1, 0.15) is 10.7 Å². The van der Waals surface area contributed by atoms with Crippen LogP contribution in [-0.2, 0) is 14.8 Å². The zero-order chi connectivity index (χ0) is 15.0. The highest BCUT2D eigenvalue weighted by Gasteiger charge is 2.35. The predicted octanol–water partition coefficient (Wildman–Crippen LogP) is 0.981. The molecule has 8 heteroatoms. The second kappa shape index (κ2) is 5.12. The lowest BCUT2D eigenvalue weighted by atomic mass is 10.0. The lowest BCUT2D eigenvalue weighted by Crippen LogP contribution is -2.46. The molecule has 2 N–H and O–H groups in total. The van der Waals surface area contributed by atoms with Crippen molar-refractivity contribution < 1.29 is 27.4 Å². The maximum Gasteiger partial charge on any atom is 0.335 e.